The number of benzene rings is 2. The molecule has 0 aromatic heterocycles. The lowest BCUT2D eigenvalue weighted by Crippen LogP contribution is -2.27. The van der Waals surface area contributed by atoms with E-state index in [0.717, 1.165) is 0 Å². The van der Waals surface area contributed by atoms with Gasteiger partial charge in [0.15, 0.2) is 11.6 Å². The highest BCUT2D eigenvalue weighted by molar-refractivity contribution is 6.31. The summed E-state index contributed by atoms with van der Waals surface area (Å²) in [6, 6.07) is 11.4. The summed E-state index contributed by atoms with van der Waals surface area (Å²) in [6.07, 6.45) is 0.997. The summed E-state index contributed by atoms with van der Waals surface area (Å²) >= 11 is 6.07. The zero-order chi connectivity index (χ0) is 24.3. The van der Waals surface area contributed by atoms with Gasteiger partial charge in [0.1, 0.15) is 5.75 Å². The highest BCUT2D eigenvalue weighted by Crippen LogP contribution is 2.40. The molecule has 0 spiro atoms. The van der Waals surface area contributed by atoms with Crippen molar-refractivity contribution in [2.24, 2.45) is 0 Å². The number of ketones is 2. The van der Waals surface area contributed by atoms with Crippen molar-refractivity contribution in [2.75, 3.05) is 12.3 Å². The van der Waals surface area contributed by atoms with E-state index in [2.05, 4.69) is 5.32 Å². The van der Waals surface area contributed by atoms with Gasteiger partial charge in [-0.25, -0.2) is 0 Å². The molecule has 1 amide bonds. The molecule has 0 fully saturated rings. The van der Waals surface area contributed by atoms with Gasteiger partial charge < -0.3 is 16.2 Å². The molecule has 1 atom stereocenters. The van der Waals surface area contributed by atoms with E-state index < -0.39 is 5.92 Å². The molecule has 3 rings (SSSR count). The second kappa shape index (κ2) is 10.0. The lowest BCUT2D eigenvalue weighted by Gasteiger charge is -2.27. The SMILES string of the molecule is CC1=C(C)C(=O)C(C(CCCNC(=O)c2ccccc2O)c2ccc(Cl)cc2N)=C(C)C1=O. The average molecular weight is 467 g/mol. The maximum atomic E-state index is 13.2. The van der Waals surface area contributed by atoms with Crippen LogP contribution >= 0.6 is 11.6 Å². The van der Waals surface area contributed by atoms with E-state index in [0.29, 0.717) is 58.0 Å². The highest BCUT2D eigenvalue weighted by atomic mass is 35.5. The van der Waals surface area contributed by atoms with Crippen LogP contribution in [0.1, 0.15) is 55.5 Å². The second-order valence-corrected chi connectivity index (χ2v) is 8.62. The fraction of sp³-hybridized carbons (Fsp3) is 0.269. The summed E-state index contributed by atoms with van der Waals surface area (Å²) in [4.78, 5) is 38.4. The van der Waals surface area contributed by atoms with Crippen LogP contribution in [-0.2, 0) is 9.59 Å². The molecular formula is C26H27ClN2O4. The Bertz CT molecular complexity index is 1200. The number of halogens is 1. The van der Waals surface area contributed by atoms with Crippen LogP contribution in [0.2, 0.25) is 5.02 Å². The molecule has 1 aliphatic carbocycles. The molecule has 0 radical (unpaired) electrons. The highest BCUT2D eigenvalue weighted by Gasteiger charge is 2.34. The minimum absolute atomic E-state index is 0.0912. The average Bonchev–Trinajstić information content (AvgIpc) is 2.78. The third-order valence-corrected chi connectivity index (χ3v) is 6.34. The third kappa shape index (κ3) is 5.01. The van der Waals surface area contributed by atoms with Crippen molar-refractivity contribution in [3.8, 4) is 5.75 Å². The van der Waals surface area contributed by atoms with Gasteiger partial charge in [-0.15, -0.1) is 0 Å². The van der Waals surface area contributed by atoms with Gasteiger partial charge in [-0.3, -0.25) is 14.4 Å². The van der Waals surface area contributed by atoms with E-state index in [1.165, 1.54) is 6.07 Å². The van der Waals surface area contributed by atoms with Gasteiger partial charge in [-0.1, -0.05) is 29.8 Å². The number of nitrogen functional groups attached to an aromatic ring is 1. The number of carbonyl (C=O) groups is 3. The number of aromatic hydroxyl groups is 1. The number of nitrogens with two attached hydrogens (primary N) is 1. The molecule has 2 aromatic rings. The molecule has 0 heterocycles. The third-order valence-electron chi connectivity index (χ3n) is 6.11. The standard InChI is InChI=1S/C26H27ClN2O4/c1-14-15(2)25(32)23(16(3)24(14)31)19(18-11-10-17(27)13-21(18)28)8-6-12-29-26(33)20-7-4-5-9-22(20)30/h4-5,7,9-11,13,19,30H,6,8,12,28H2,1-3H3,(H,29,33). The van der Waals surface area contributed by atoms with Crippen molar-refractivity contribution in [1.82, 2.24) is 5.32 Å². The smallest absolute Gasteiger partial charge is 0.255 e. The van der Waals surface area contributed by atoms with E-state index in [4.69, 9.17) is 17.3 Å². The number of hydrogen-bond donors (Lipinski definition) is 3. The van der Waals surface area contributed by atoms with Gasteiger partial charge >= 0.3 is 0 Å². The minimum Gasteiger partial charge on any atom is -0.507 e. The summed E-state index contributed by atoms with van der Waals surface area (Å²) in [7, 11) is 0. The number of carbonyl (C=O) groups excluding carboxylic acids is 3. The van der Waals surface area contributed by atoms with Crippen molar-refractivity contribution in [3.63, 3.8) is 0 Å². The zero-order valence-electron chi connectivity index (χ0n) is 18.9. The van der Waals surface area contributed by atoms with E-state index in [-0.39, 0.29) is 28.8 Å². The molecule has 2 aromatic carbocycles. The van der Waals surface area contributed by atoms with Crippen molar-refractivity contribution in [3.05, 3.63) is 80.9 Å². The lowest BCUT2D eigenvalue weighted by molar-refractivity contribution is -0.116. The summed E-state index contributed by atoms with van der Waals surface area (Å²) in [5.41, 5.74) is 9.34. The van der Waals surface area contributed by atoms with E-state index in [9.17, 15) is 19.5 Å². The number of allylic oxidation sites excluding steroid dienone is 4. The summed E-state index contributed by atoms with van der Waals surface area (Å²) in [5.74, 6) is -1.21. The fourth-order valence-electron chi connectivity index (χ4n) is 4.12. The molecule has 0 saturated carbocycles. The Morgan fingerprint density at radius 3 is 2.36 bits per heavy atom. The zero-order valence-corrected chi connectivity index (χ0v) is 19.6. The van der Waals surface area contributed by atoms with Crippen LogP contribution in [-0.4, -0.2) is 29.1 Å². The van der Waals surface area contributed by atoms with Crippen LogP contribution in [0.15, 0.2) is 64.8 Å². The molecule has 1 unspecified atom stereocenters. The Morgan fingerprint density at radius 1 is 1.03 bits per heavy atom. The minimum atomic E-state index is -0.427. The molecule has 4 N–H and O–H groups in total. The number of Topliss-reactive ketones (excluding diaryl/α,β-unsaturated/α-hetero) is 2. The van der Waals surface area contributed by atoms with Gasteiger partial charge in [0, 0.05) is 45.5 Å². The molecular weight excluding hydrogens is 440 g/mol. The quantitative estimate of drug-likeness (QED) is 0.310. The molecule has 7 heteroatoms. The van der Waals surface area contributed by atoms with Crippen LogP contribution in [0, 0.1) is 0 Å². The molecule has 0 saturated heterocycles. The first-order valence-electron chi connectivity index (χ1n) is 10.7. The monoisotopic (exact) mass is 466 g/mol. The predicted octanol–water partition coefficient (Wildman–Crippen LogP) is 4.73. The van der Waals surface area contributed by atoms with Crippen LogP contribution in [0.3, 0.4) is 0 Å². The van der Waals surface area contributed by atoms with Crippen LogP contribution < -0.4 is 11.1 Å². The second-order valence-electron chi connectivity index (χ2n) is 8.19. The van der Waals surface area contributed by atoms with Crippen LogP contribution in [0.4, 0.5) is 5.69 Å². The number of phenols is 1. The summed E-state index contributed by atoms with van der Waals surface area (Å²) in [6.45, 7) is 5.32. The predicted molar refractivity (Wildman–Crippen MR) is 129 cm³/mol. The van der Waals surface area contributed by atoms with Crippen molar-refractivity contribution in [2.45, 2.75) is 39.5 Å². The van der Waals surface area contributed by atoms with Crippen LogP contribution in [0.25, 0.3) is 0 Å². The Kier molecular flexibility index (Phi) is 7.39. The first kappa shape index (κ1) is 24.3. The maximum absolute atomic E-state index is 13.2. The molecule has 0 bridgehead atoms. The largest absolute Gasteiger partial charge is 0.507 e. The Balaban J connectivity index is 1.85. The number of amides is 1. The molecule has 1 aliphatic rings. The van der Waals surface area contributed by atoms with Gasteiger partial charge in [0.2, 0.25) is 0 Å². The van der Waals surface area contributed by atoms with E-state index >= 15 is 0 Å². The first-order chi connectivity index (χ1) is 15.6. The van der Waals surface area contributed by atoms with Gasteiger partial charge in [-0.05, 0) is 63.4 Å². The number of rotatable bonds is 7. The Morgan fingerprint density at radius 2 is 1.70 bits per heavy atom. The molecule has 33 heavy (non-hydrogen) atoms. The summed E-state index contributed by atoms with van der Waals surface area (Å²) < 4.78 is 0. The molecule has 0 aliphatic heterocycles. The van der Waals surface area contributed by atoms with E-state index in [1.54, 1.807) is 57.2 Å². The number of para-hydroxylation sites is 1. The van der Waals surface area contributed by atoms with Gasteiger partial charge in [0.25, 0.3) is 5.91 Å². The van der Waals surface area contributed by atoms with Gasteiger partial charge in [0.05, 0.1) is 5.56 Å². The topological polar surface area (TPSA) is 109 Å². The number of anilines is 1. The normalized spacial score (nSPS) is 15.2. The number of nitrogens with one attached hydrogen (secondary N) is 1. The fourth-order valence-corrected chi connectivity index (χ4v) is 4.30. The summed E-state index contributed by atoms with van der Waals surface area (Å²) in [5, 5.41) is 13.1. The van der Waals surface area contributed by atoms with Crippen molar-refractivity contribution in [1.29, 1.82) is 0 Å². The van der Waals surface area contributed by atoms with Crippen molar-refractivity contribution < 1.29 is 19.5 Å². The molecule has 6 nitrogen and oxygen atoms in total. The van der Waals surface area contributed by atoms with Gasteiger partial charge in [-0.2, -0.15) is 0 Å². The maximum Gasteiger partial charge on any atom is 0.255 e. The number of phenolic OH excluding ortho intramolecular Hbond substituents is 1. The van der Waals surface area contributed by atoms with Crippen LogP contribution in [0.5, 0.6) is 5.75 Å². The molecule has 172 valence electrons. The lowest BCUT2D eigenvalue weighted by atomic mass is 9.75. The Hall–Kier alpha value is -3.38. The first-order valence-corrected chi connectivity index (χ1v) is 11.1. The number of hydrogen-bond acceptors (Lipinski definition) is 5. The Labute approximate surface area is 198 Å². The van der Waals surface area contributed by atoms with E-state index in [1.807, 2.05) is 0 Å². The van der Waals surface area contributed by atoms with Crippen molar-refractivity contribution >= 4 is 34.8 Å².